The average Bonchev–Trinajstić information content (AvgIpc) is 2.48. The first kappa shape index (κ1) is 13.8. The van der Waals surface area contributed by atoms with Gasteiger partial charge in [-0.15, -0.1) is 0 Å². The van der Waals surface area contributed by atoms with E-state index in [-0.39, 0.29) is 5.56 Å². The summed E-state index contributed by atoms with van der Waals surface area (Å²) in [7, 11) is 1.27. The molecule has 0 aromatic heterocycles. The number of carbonyl (C=O) groups excluding carboxylic acids is 2. The van der Waals surface area contributed by atoms with E-state index in [1.54, 1.807) is 12.1 Å². The predicted octanol–water partition coefficient (Wildman–Crippen LogP) is 2.34. The van der Waals surface area contributed by atoms with Gasteiger partial charge in [-0.25, -0.2) is 5.48 Å². The lowest BCUT2D eigenvalue weighted by Crippen LogP contribution is -2.29. The molecule has 0 aliphatic carbocycles. The Morgan fingerprint density at radius 2 is 1.50 bits per heavy atom. The number of carbonyl (C=O) groups is 2. The minimum absolute atomic E-state index is 0.264. The van der Waals surface area contributed by atoms with Crippen LogP contribution in [0.25, 0.3) is 0 Å². The number of hydrogen-bond acceptors (Lipinski definition) is 4. The molecule has 0 aliphatic rings. The molecular weight excluding hydrogens is 258 g/mol. The summed E-state index contributed by atoms with van der Waals surface area (Å²) in [5.74, 6) is -0.203. The summed E-state index contributed by atoms with van der Waals surface area (Å²) in [6.07, 6.45) is 0. The molecule has 0 saturated heterocycles. The van der Waals surface area contributed by atoms with E-state index in [1.165, 1.54) is 19.2 Å². The number of rotatable bonds is 5. The number of hydrogen-bond donors (Lipinski definition) is 1. The zero-order valence-electron chi connectivity index (χ0n) is 10.8. The van der Waals surface area contributed by atoms with Crippen LogP contribution >= 0.6 is 0 Å². The Morgan fingerprint density at radius 3 is 2.10 bits per heavy atom. The van der Waals surface area contributed by atoms with Gasteiger partial charge in [0, 0.05) is 5.56 Å². The van der Waals surface area contributed by atoms with Crippen LogP contribution in [-0.2, 0) is 9.63 Å². The van der Waals surface area contributed by atoms with Crippen molar-refractivity contribution >= 4 is 11.7 Å². The first-order valence-electron chi connectivity index (χ1n) is 5.91. The summed E-state index contributed by atoms with van der Waals surface area (Å²) in [5, 5.41) is 0. The smallest absolute Gasteiger partial charge is 0.315 e. The van der Waals surface area contributed by atoms with Gasteiger partial charge in [0.05, 0.1) is 7.11 Å². The van der Waals surface area contributed by atoms with Crippen molar-refractivity contribution in [3.63, 3.8) is 0 Å². The van der Waals surface area contributed by atoms with Crippen molar-refractivity contribution in [2.45, 2.75) is 0 Å². The molecule has 1 amide bonds. The Morgan fingerprint density at radius 1 is 0.900 bits per heavy atom. The van der Waals surface area contributed by atoms with Gasteiger partial charge in [0.2, 0.25) is 0 Å². The van der Waals surface area contributed by atoms with E-state index in [1.807, 2.05) is 35.8 Å². The van der Waals surface area contributed by atoms with Gasteiger partial charge in [-0.1, -0.05) is 18.2 Å². The van der Waals surface area contributed by atoms with Crippen LogP contribution < -0.4 is 10.2 Å². The van der Waals surface area contributed by atoms with Crippen LogP contribution in [0.3, 0.4) is 0 Å². The lowest BCUT2D eigenvalue weighted by atomic mass is 10.1. The number of nitrogens with one attached hydrogen (secondary N) is 1. The topological polar surface area (TPSA) is 64.6 Å². The molecule has 0 bridgehead atoms. The van der Waals surface area contributed by atoms with Crippen LogP contribution in [0.2, 0.25) is 0 Å². The fraction of sp³-hybridized carbons (Fsp3) is 0.0667. The Bertz CT molecular complexity index is 593. The third-order valence-corrected chi connectivity index (χ3v) is 2.50. The number of benzene rings is 2. The minimum Gasteiger partial charge on any atom is -0.457 e. The van der Waals surface area contributed by atoms with E-state index in [9.17, 15) is 9.59 Å². The van der Waals surface area contributed by atoms with E-state index >= 15 is 0 Å². The molecule has 0 radical (unpaired) electrons. The largest absolute Gasteiger partial charge is 0.457 e. The molecule has 0 spiro atoms. The minimum atomic E-state index is -0.816. The zero-order chi connectivity index (χ0) is 14.4. The highest BCUT2D eigenvalue weighted by molar-refractivity contribution is 6.42. The maximum atomic E-state index is 11.7. The summed E-state index contributed by atoms with van der Waals surface area (Å²) in [6.45, 7) is 0. The standard InChI is InChI=1S/C15H13NO4/c1-19-16-15(18)14(17)11-7-9-13(10-8-11)20-12-5-3-2-4-6-12/h2-10H,1H3,(H,16,18). The molecule has 0 aliphatic heterocycles. The highest BCUT2D eigenvalue weighted by atomic mass is 16.6. The normalized spacial score (nSPS) is 9.85. The van der Waals surface area contributed by atoms with E-state index in [4.69, 9.17) is 4.74 Å². The van der Waals surface area contributed by atoms with Crippen LogP contribution in [0.15, 0.2) is 54.6 Å². The summed E-state index contributed by atoms with van der Waals surface area (Å²) in [5.41, 5.74) is 2.24. The summed E-state index contributed by atoms with van der Waals surface area (Å²) in [6, 6.07) is 15.6. The molecule has 0 unspecified atom stereocenters. The maximum absolute atomic E-state index is 11.7. The van der Waals surface area contributed by atoms with Crippen molar-refractivity contribution < 1.29 is 19.2 Å². The van der Waals surface area contributed by atoms with Crippen molar-refractivity contribution in [1.29, 1.82) is 0 Å². The Balaban J connectivity index is 2.07. The fourth-order valence-corrected chi connectivity index (χ4v) is 1.57. The lowest BCUT2D eigenvalue weighted by molar-refractivity contribution is -0.126. The van der Waals surface area contributed by atoms with E-state index in [0.29, 0.717) is 11.5 Å². The monoisotopic (exact) mass is 271 g/mol. The summed E-state index contributed by atoms with van der Waals surface area (Å²) >= 11 is 0. The number of para-hydroxylation sites is 1. The Labute approximate surface area is 116 Å². The number of hydroxylamine groups is 1. The number of Topliss-reactive ketones (excluding diaryl/α,β-unsaturated/α-hetero) is 1. The SMILES string of the molecule is CONC(=O)C(=O)c1ccc(Oc2ccccc2)cc1. The molecule has 0 fully saturated rings. The number of ketones is 1. The van der Waals surface area contributed by atoms with Crippen molar-refractivity contribution in [2.24, 2.45) is 0 Å². The first-order valence-corrected chi connectivity index (χ1v) is 5.91. The molecule has 0 atom stereocenters. The van der Waals surface area contributed by atoms with Gasteiger partial charge in [0.15, 0.2) is 0 Å². The van der Waals surface area contributed by atoms with Gasteiger partial charge in [-0.3, -0.25) is 14.4 Å². The second kappa shape index (κ2) is 6.49. The highest BCUT2D eigenvalue weighted by Crippen LogP contribution is 2.21. The van der Waals surface area contributed by atoms with Gasteiger partial charge in [0.25, 0.3) is 5.78 Å². The Kier molecular flexibility index (Phi) is 4.47. The van der Waals surface area contributed by atoms with Crippen LogP contribution in [0.1, 0.15) is 10.4 Å². The summed E-state index contributed by atoms with van der Waals surface area (Å²) < 4.78 is 5.58. The Hall–Kier alpha value is -2.66. The van der Waals surface area contributed by atoms with Crippen molar-refractivity contribution in [3.05, 3.63) is 60.2 Å². The van der Waals surface area contributed by atoms with Crippen LogP contribution in [0, 0.1) is 0 Å². The van der Waals surface area contributed by atoms with Crippen molar-refractivity contribution in [2.75, 3.05) is 7.11 Å². The summed E-state index contributed by atoms with van der Waals surface area (Å²) in [4.78, 5) is 27.4. The lowest BCUT2D eigenvalue weighted by Gasteiger charge is -2.06. The molecule has 2 aromatic carbocycles. The van der Waals surface area contributed by atoms with Gasteiger partial charge < -0.3 is 4.74 Å². The quantitative estimate of drug-likeness (QED) is 0.515. The molecule has 5 nitrogen and oxygen atoms in total. The molecular formula is C15H13NO4. The van der Waals surface area contributed by atoms with Crippen molar-refractivity contribution in [1.82, 2.24) is 5.48 Å². The molecule has 1 N–H and O–H groups in total. The van der Waals surface area contributed by atoms with Crippen LogP contribution in [-0.4, -0.2) is 18.8 Å². The van der Waals surface area contributed by atoms with Gasteiger partial charge in [-0.05, 0) is 36.4 Å². The zero-order valence-corrected chi connectivity index (χ0v) is 10.8. The van der Waals surface area contributed by atoms with Crippen molar-refractivity contribution in [3.8, 4) is 11.5 Å². The van der Waals surface area contributed by atoms with Gasteiger partial charge >= 0.3 is 5.91 Å². The van der Waals surface area contributed by atoms with E-state index in [2.05, 4.69) is 4.84 Å². The molecule has 5 heteroatoms. The second-order valence-electron chi connectivity index (χ2n) is 3.90. The molecule has 0 saturated carbocycles. The van der Waals surface area contributed by atoms with E-state index in [0.717, 1.165) is 0 Å². The second-order valence-corrected chi connectivity index (χ2v) is 3.90. The van der Waals surface area contributed by atoms with Crippen LogP contribution in [0.4, 0.5) is 0 Å². The first-order chi connectivity index (χ1) is 9.70. The van der Waals surface area contributed by atoms with Gasteiger partial charge in [0.1, 0.15) is 11.5 Å². The average molecular weight is 271 g/mol. The number of amides is 1. The third kappa shape index (κ3) is 3.43. The molecule has 2 aromatic rings. The maximum Gasteiger partial charge on any atom is 0.315 e. The molecule has 20 heavy (non-hydrogen) atoms. The van der Waals surface area contributed by atoms with Crippen LogP contribution in [0.5, 0.6) is 11.5 Å². The predicted molar refractivity (Wildman–Crippen MR) is 72.4 cm³/mol. The third-order valence-electron chi connectivity index (χ3n) is 2.50. The number of ether oxygens (including phenoxy) is 1. The highest BCUT2D eigenvalue weighted by Gasteiger charge is 2.15. The molecule has 2 rings (SSSR count). The van der Waals surface area contributed by atoms with E-state index < -0.39 is 11.7 Å². The molecule has 102 valence electrons. The fourth-order valence-electron chi connectivity index (χ4n) is 1.57. The molecule has 0 heterocycles. The van der Waals surface area contributed by atoms with Gasteiger partial charge in [-0.2, -0.15) is 0 Å².